The van der Waals surface area contributed by atoms with Crippen molar-refractivity contribution >= 4 is 15.9 Å². The van der Waals surface area contributed by atoms with E-state index in [0.717, 1.165) is 16.8 Å². The van der Waals surface area contributed by atoms with E-state index in [1.165, 1.54) is 18.4 Å². The third-order valence-electron chi connectivity index (χ3n) is 2.78. The lowest BCUT2D eigenvalue weighted by molar-refractivity contribution is 0.500. The van der Waals surface area contributed by atoms with Crippen LogP contribution < -0.4 is 5.32 Å². The molecule has 1 fully saturated rings. The van der Waals surface area contributed by atoms with Crippen LogP contribution in [0.15, 0.2) is 22.9 Å². The SMILES string of the molecule is CNC(Cc1cncc(Br)c1)C1CC1. The molecule has 0 saturated heterocycles. The molecule has 2 nitrogen and oxygen atoms in total. The van der Waals surface area contributed by atoms with Crippen LogP contribution in [0.1, 0.15) is 18.4 Å². The summed E-state index contributed by atoms with van der Waals surface area (Å²) in [5.74, 6) is 0.888. The van der Waals surface area contributed by atoms with Gasteiger partial charge in [0.15, 0.2) is 0 Å². The summed E-state index contributed by atoms with van der Waals surface area (Å²) in [5.41, 5.74) is 1.31. The first-order valence-electron chi connectivity index (χ1n) is 5.06. The van der Waals surface area contributed by atoms with Gasteiger partial charge in [-0.2, -0.15) is 0 Å². The minimum atomic E-state index is 0.631. The van der Waals surface area contributed by atoms with E-state index in [9.17, 15) is 0 Å². The van der Waals surface area contributed by atoms with Gasteiger partial charge in [0.2, 0.25) is 0 Å². The molecule has 1 aromatic heterocycles. The number of nitrogens with zero attached hydrogens (tertiary/aromatic N) is 1. The fourth-order valence-electron chi connectivity index (χ4n) is 1.82. The van der Waals surface area contributed by atoms with Crippen molar-refractivity contribution in [2.24, 2.45) is 5.92 Å². The summed E-state index contributed by atoms with van der Waals surface area (Å²) in [6, 6.07) is 2.78. The van der Waals surface area contributed by atoms with Gasteiger partial charge in [0, 0.05) is 22.9 Å². The van der Waals surface area contributed by atoms with Crippen LogP contribution in [-0.2, 0) is 6.42 Å². The number of hydrogen-bond donors (Lipinski definition) is 1. The van der Waals surface area contributed by atoms with Crippen molar-refractivity contribution in [2.75, 3.05) is 7.05 Å². The van der Waals surface area contributed by atoms with Gasteiger partial charge in [-0.3, -0.25) is 4.98 Å². The molecule has 0 bridgehead atoms. The van der Waals surface area contributed by atoms with E-state index >= 15 is 0 Å². The number of pyridine rings is 1. The predicted octanol–water partition coefficient (Wildman–Crippen LogP) is 2.38. The summed E-state index contributed by atoms with van der Waals surface area (Å²) in [6.45, 7) is 0. The number of nitrogens with one attached hydrogen (secondary N) is 1. The smallest absolute Gasteiger partial charge is 0.0410 e. The van der Waals surface area contributed by atoms with E-state index in [1.807, 2.05) is 19.4 Å². The van der Waals surface area contributed by atoms with Crippen molar-refractivity contribution in [3.63, 3.8) is 0 Å². The molecule has 0 aromatic carbocycles. The van der Waals surface area contributed by atoms with Gasteiger partial charge in [0.1, 0.15) is 0 Å². The van der Waals surface area contributed by atoms with Gasteiger partial charge >= 0.3 is 0 Å². The lowest BCUT2D eigenvalue weighted by Crippen LogP contribution is -2.29. The molecule has 2 rings (SSSR count). The molecule has 3 heteroatoms. The summed E-state index contributed by atoms with van der Waals surface area (Å²) < 4.78 is 1.07. The highest BCUT2D eigenvalue weighted by atomic mass is 79.9. The summed E-state index contributed by atoms with van der Waals surface area (Å²) in [4.78, 5) is 4.18. The van der Waals surface area contributed by atoms with Crippen LogP contribution in [0, 0.1) is 5.92 Å². The van der Waals surface area contributed by atoms with E-state index in [1.54, 1.807) is 0 Å². The quantitative estimate of drug-likeness (QED) is 0.893. The molecule has 0 radical (unpaired) electrons. The maximum absolute atomic E-state index is 4.18. The minimum Gasteiger partial charge on any atom is -0.316 e. The fraction of sp³-hybridized carbons (Fsp3) is 0.545. The van der Waals surface area contributed by atoms with Crippen LogP contribution in [0.4, 0.5) is 0 Å². The number of rotatable bonds is 4. The maximum Gasteiger partial charge on any atom is 0.0410 e. The Balaban J connectivity index is 2.01. The van der Waals surface area contributed by atoms with E-state index in [0.29, 0.717) is 6.04 Å². The van der Waals surface area contributed by atoms with Crippen molar-refractivity contribution in [2.45, 2.75) is 25.3 Å². The molecular formula is C11H15BrN2. The second-order valence-corrected chi connectivity index (χ2v) is 4.86. The van der Waals surface area contributed by atoms with Crippen LogP contribution in [0.3, 0.4) is 0 Å². The Kier molecular flexibility index (Phi) is 3.19. The summed E-state index contributed by atoms with van der Waals surface area (Å²) in [7, 11) is 2.05. The van der Waals surface area contributed by atoms with E-state index < -0.39 is 0 Å². The standard InChI is InChI=1S/C11H15BrN2/c1-13-11(9-2-3-9)5-8-4-10(12)7-14-6-8/h4,6-7,9,11,13H,2-3,5H2,1H3. The third-order valence-corrected chi connectivity index (χ3v) is 3.21. The van der Waals surface area contributed by atoms with Crippen molar-refractivity contribution in [1.82, 2.24) is 10.3 Å². The largest absolute Gasteiger partial charge is 0.316 e. The van der Waals surface area contributed by atoms with Crippen molar-refractivity contribution in [3.05, 3.63) is 28.5 Å². The third kappa shape index (κ3) is 2.55. The Hall–Kier alpha value is -0.410. The summed E-state index contributed by atoms with van der Waals surface area (Å²) in [6.07, 6.45) is 7.64. The molecular weight excluding hydrogens is 240 g/mol. The average Bonchev–Trinajstić information content (AvgIpc) is 2.97. The number of aromatic nitrogens is 1. The molecule has 1 aromatic rings. The Morgan fingerprint density at radius 2 is 2.36 bits per heavy atom. The Morgan fingerprint density at radius 1 is 1.57 bits per heavy atom. The minimum absolute atomic E-state index is 0.631. The topological polar surface area (TPSA) is 24.9 Å². The molecule has 1 unspecified atom stereocenters. The zero-order chi connectivity index (χ0) is 9.97. The monoisotopic (exact) mass is 254 g/mol. The fourth-order valence-corrected chi connectivity index (χ4v) is 2.24. The lowest BCUT2D eigenvalue weighted by Gasteiger charge is -2.14. The van der Waals surface area contributed by atoms with Crippen LogP contribution in [0.25, 0.3) is 0 Å². The Labute approximate surface area is 93.3 Å². The van der Waals surface area contributed by atoms with E-state index in [2.05, 4.69) is 32.3 Å². The van der Waals surface area contributed by atoms with Crippen molar-refractivity contribution in [1.29, 1.82) is 0 Å². The maximum atomic E-state index is 4.18. The highest BCUT2D eigenvalue weighted by molar-refractivity contribution is 9.10. The first-order valence-corrected chi connectivity index (χ1v) is 5.85. The Morgan fingerprint density at radius 3 is 2.93 bits per heavy atom. The molecule has 1 aliphatic carbocycles. The van der Waals surface area contributed by atoms with Gasteiger partial charge in [0.05, 0.1) is 0 Å². The predicted molar refractivity (Wildman–Crippen MR) is 61.2 cm³/mol. The van der Waals surface area contributed by atoms with Crippen LogP contribution in [0.5, 0.6) is 0 Å². The molecule has 1 heterocycles. The second-order valence-electron chi connectivity index (χ2n) is 3.95. The molecule has 0 aliphatic heterocycles. The van der Waals surface area contributed by atoms with Gasteiger partial charge in [-0.05, 0) is 59.8 Å². The first kappa shape index (κ1) is 10.1. The van der Waals surface area contributed by atoms with Gasteiger partial charge in [-0.1, -0.05) is 0 Å². The number of likely N-dealkylation sites (N-methyl/N-ethyl adjacent to an activating group) is 1. The van der Waals surface area contributed by atoms with Crippen LogP contribution >= 0.6 is 15.9 Å². The van der Waals surface area contributed by atoms with E-state index in [-0.39, 0.29) is 0 Å². The van der Waals surface area contributed by atoms with Crippen molar-refractivity contribution < 1.29 is 0 Å². The average molecular weight is 255 g/mol. The van der Waals surface area contributed by atoms with E-state index in [4.69, 9.17) is 0 Å². The highest BCUT2D eigenvalue weighted by Gasteiger charge is 2.29. The van der Waals surface area contributed by atoms with Crippen LogP contribution in [-0.4, -0.2) is 18.1 Å². The highest BCUT2D eigenvalue weighted by Crippen LogP contribution is 2.33. The molecule has 0 amide bonds. The number of halogens is 1. The first-order chi connectivity index (χ1) is 6.79. The van der Waals surface area contributed by atoms with Gasteiger partial charge in [-0.25, -0.2) is 0 Å². The molecule has 1 saturated carbocycles. The van der Waals surface area contributed by atoms with Gasteiger partial charge < -0.3 is 5.32 Å². The second kappa shape index (κ2) is 4.41. The molecule has 1 N–H and O–H groups in total. The van der Waals surface area contributed by atoms with Gasteiger partial charge in [0.25, 0.3) is 0 Å². The lowest BCUT2D eigenvalue weighted by atomic mass is 10.0. The zero-order valence-corrected chi connectivity index (χ0v) is 9.92. The Bertz CT molecular complexity index is 310. The zero-order valence-electron chi connectivity index (χ0n) is 8.33. The molecule has 76 valence electrons. The molecule has 14 heavy (non-hydrogen) atoms. The molecule has 1 atom stereocenters. The van der Waals surface area contributed by atoms with Crippen molar-refractivity contribution in [3.8, 4) is 0 Å². The normalized spacial score (nSPS) is 18.1. The number of hydrogen-bond acceptors (Lipinski definition) is 2. The summed E-state index contributed by atoms with van der Waals surface area (Å²) >= 11 is 3.44. The van der Waals surface area contributed by atoms with Gasteiger partial charge in [-0.15, -0.1) is 0 Å². The van der Waals surface area contributed by atoms with Crippen LogP contribution in [0.2, 0.25) is 0 Å². The molecule has 1 aliphatic rings. The molecule has 0 spiro atoms. The summed E-state index contributed by atoms with van der Waals surface area (Å²) in [5, 5.41) is 3.39.